The fraction of sp³-hybridized carbons (Fsp3) is 0.235. The van der Waals surface area contributed by atoms with Crippen molar-refractivity contribution >= 4 is 23.1 Å². The van der Waals surface area contributed by atoms with E-state index in [2.05, 4.69) is 20.7 Å². The first-order valence-electron chi connectivity index (χ1n) is 7.63. The molecule has 0 bridgehead atoms. The number of anilines is 2. The highest BCUT2D eigenvalue weighted by Gasteiger charge is 2.11. The lowest BCUT2D eigenvalue weighted by Gasteiger charge is -2.12. The maximum Gasteiger partial charge on any atom is 0.174 e. The van der Waals surface area contributed by atoms with Gasteiger partial charge in [0, 0.05) is 22.9 Å². The molecule has 2 N–H and O–H groups in total. The molecule has 2 heterocycles. The Morgan fingerprint density at radius 3 is 2.54 bits per heavy atom. The van der Waals surface area contributed by atoms with Gasteiger partial charge in [-0.2, -0.15) is 5.10 Å². The van der Waals surface area contributed by atoms with Crippen LogP contribution in [0.25, 0.3) is 5.82 Å². The van der Waals surface area contributed by atoms with Crippen molar-refractivity contribution in [1.29, 1.82) is 0 Å². The molecular weight excluding hydrogens is 324 g/mol. The summed E-state index contributed by atoms with van der Waals surface area (Å²) >= 11 is 5.94. The number of nitrogens with one attached hydrogen (secondary N) is 2. The van der Waals surface area contributed by atoms with Crippen LogP contribution in [0.4, 0.5) is 11.5 Å². The van der Waals surface area contributed by atoms with Gasteiger partial charge in [-0.1, -0.05) is 11.6 Å². The van der Waals surface area contributed by atoms with Crippen molar-refractivity contribution in [2.75, 3.05) is 12.4 Å². The lowest BCUT2D eigenvalue weighted by molar-refractivity contribution is 0.764. The van der Waals surface area contributed by atoms with Crippen molar-refractivity contribution in [2.24, 2.45) is 0 Å². The van der Waals surface area contributed by atoms with Crippen molar-refractivity contribution < 1.29 is 0 Å². The Morgan fingerprint density at radius 1 is 1.17 bits per heavy atom. The van der Waals surface area contributed by atoms with Crippen LogP contribution < -0.4 is 10.6 Å². The molecule has 0 saturated heterocycles. The quantitative estimate of drug-likeness (QED) is 0.744. The second kappa shape index (κ2) is 6.98. The van der Waals surface area contributed by atoms with Crippen molar-refractivity contribution in [2.45, 2.75) is 20.4 Å². The van der Waals surface area contributed by atoms with Crippen LogP contribution in [0.2, 0.25) is 5.02 Å². The molecule has 0 saturated carbocycles. The predicted octanol–water partition coefficient (Wildman–Crippen LogP) is 3.40. The second-order valence-electron chi connectivity index (χ2n) is 5.52. The number of rotatable bonds is 5. The highest BCUT2D eigenvalue weighted by Crippen LogP contribution is 2.21. The van der Waals surface area contributed by atoms with Crippen LogP contribution in [0.1, 0.15) is 17.1 Å². The van der Waals surface area contributed by atoms with E-state index in [1.54, 1.807) is 10.9 Å². The molecule has 6 nitrogen and oxygen atoms in total. The zero-order valence-electron chi connectivity index (χ0n) is 13.8. The lowest BCUT2D eigenvalue weighted by Crippen LogP contribution is -2.13. The first-order valence-corrected chi connectivity index (χ1v) is 8.01. The van der Waals surface area contributed by atoms with E-state index in [9.17, 15) is 0 Å². The molecule has 0 aliphatic heterocycles. The van der Waals surface area contributed by atoms with Gasteiger partial charge in [-0.05, 0) is 51.2 Å². The van der Waals surface area contributed by atoms with Crippen molar-refractivity contribution in [3.05, 3.63) is 58.6 Å². The van der Waals surface area contributed by atoms with Crippen molar-refractivity contribution in [3.63, 3.8) is 0 Å². The summed E-state index contributed by atoms with van der Waals surface area (Å²) in [5, 5.41) is 11.6. The molecule has 2 aromatic heterocycles. The summed E-state index contributed by atoms with van der Waals surface area (Å²) < 4.78 is 1.79. The van der Waals surface area contributed by atoms with Gasteiger partial charge in [0.05, 0.1) is 17.6 Å². The number of benzene rings is 1. The molecule has 1 aromatic carbocycles. The average molecular weight is 343 g/mol. The minimum absolute atomic E-state index is 0.611. The topological polar surface area (TPSA) is 67.7 Å². The van der Waals surface area contributed by atoms with Crippen molar-refractivity contribution in [1.82, 2.24) is 25.1 Å². The molecule has 3 aromatic rings. The van der Waals surface area contributed by atoms with Gasteiger partial charge in [0.25, 0.3) is 0 Å². The molecule has 0 amide bonds. The first kappa shape index (κ1) is 16.4. The Morgan fingerprint density at radius 2 is 1.92 bits per heavy atom. The standard InChI is InChI=1S/C17H19ClN6/c1-11-8-12(2)24(23-11)16-10-20-15(9-19-3)17(22-16)21-14-6-4-13(18)5-7-14/h4-8,10,19H,9H2,1-3H3,(H,21,22). The number of halogens is 1. The lowest BCUT2D eigenvalue weighted by atomic mass is 10.3. The fourth-order valence-corrected chi connectivity index (χ4v) is 2.56. The highest BCUT2D eigenvalue weighted by atomic mass is 35.5. The fourth-order valence-electron chi connectivity index (χ4n) is 2.43. The predicted molar refractivity (Wildman–Crippen MR) is 96.1 cm³/mol. The van der Waals surface area contributed by atoms with Crippen LogP contribution in [0.3, 0.4) is 0 Å². The van der Waals surface area contributed by atoms with Gasteiger partial charge in [0.2, 0.25) is 0 Å². The summed E-state index contributed by atoms with van der Waals surface area (Å²) in [5.41, 5.74) is 3.69. The number of hydrogen-bond acceptors (Lipinski definition) is 5. The number of hydrogen-bond donors (Lipinski definition) is 2. The Hall–Kier alpha value is -2.44. The van der Waals surface area contributed by atoms with Gasteiger partial charge in [0.15, 0.2) is 11.6 Å². The number of aryl methyl sites for hydroxylation is 2. The summed E-state index contributed by atoms with van der Waals surface area (Å²) in [6.45, 7) is 4.56. The van der Waals surface area contributed by atoms with E-state index in [0.717, 1.165) is 22.8 Å². The monoisotopic (exact) mass is 342 g/mol. The Bertz CT molecular complexity index is 841. The summed E-state index contributed by atoms with van der Waals surface area (Å²) in [6.07, 6.45) is 1.74. The summed E-state index contributed by atoms with van der Waals surface area (Å²) in [7, 11) is 1.88. The SMILES string of the molecule is CNCc1ncc(-n2nc(C)cc2C)nc1Nc1ccc(Cl)cc1. The third kappa shape index (κ3) is 3.55. The third-order valence-corrected chi connectivity index (χ3v) is 3.77. The third-order valence-electron chi connectivity index (χ3n) is 3.51. The minimum atomic E-state index is 0.611. The van der Waals surface area contributed by atoms with Gasteiger partial charge in [0.1, 0.15) is 0 Å². The number of nitrogens with zero attached hydrogens (tertiary/aromatic N) is 4. The van der Waals surface area contributed by atoms with Gasteiger partial charge < -0.3 is 10.6 Å². The molecule has 124 valence electrons. The molecular formula is C17H19ClN6. The largest absolute Gasteiger partial charge is 0.339 e. The van der Waals surface area contributed by atoms with Crippen LogP contribution in [0.15, 0.2) is 36.5 Å². The van der Waals surface area contributed by atoms with Crippen LogP contribution in [-0.2, 0) is 6.54 Å². The zero-order valence-corrected chi connectivity index (χ0v) is 14.6. The average Bonchev–Trinajstić information content (AvgIpc) is 2.90. The molecule has 7 heteroatoms. The van der Waals surface area contributed by atoms with Gasteiger partial charge in [-0.15, -0.1) is 0 Å². The van der Waals surface area contributed by atoms with E-state index in [1.165, 1.54) is 0 Å². The van der Waals surface area contributed by atoms with Gasteiger partial charge >= 0.3 is 0 Å². The van der Waals surface area contributed by atoms with Gasteiger partial charge in [-0.25, -0.2) is 9.67 Å². The van der Waals surface area contributed by atoms with E-state index in [-0.39, 0.29) is 0 Å². The van der Waals surface area contributed by atoms with Crippen LogP contribution in [0, 0.1) is 13.8 Å². The molecule has 0 fully saturated rings. The van der Waals surface area contributed by atoms with Crippen LogP contribution >= 0.6 is 11.6 Å². The summed E-state index contributed by atoms with van der Waals surface area (Å²) in [5.74, 6) is 1.37. The summed E-state index contributed by atoms with van der Waals surface area (Å²) in [4.78, 5) is 9.24. The van der Waals surface area contributed by atoms with Crippen LogP contribution in [-0.4, -0.2) is 26.8 Å². The first-order chi connectivity index (χ1) is 11.6. The molecule has 0 spiro atoms. The molecule has 0 atom stereocenters. The van der Waals surface area contributed by atoms with Crippen LogP contribution in [0.5, 0.6) is 0 Å². The van der Waals surface area contributed by atoms with Gasteiger partial charge in [-0.3, -0.25) is 4.98 Å². The molecule has 0 unspecified atom stereocenters. The maximum absolute atomic E-state index is 5.94. The molecule has 0 aliphatic carbocycles. The summed E-state index contributed by atoms with van der Waals surface area (Å²) in [6, 6.07) is 9.49. The van der Waals surface area contributed by atoms with E-state index in [4.69, 9.17) is 16.6 Å². The van der Waals surface area contributed by atoms with Crippen molar-refractivity contribution in [3.8, 4) is 5.82 Å². The van der Waals surface area contributed by atoms with E-state index >= 15 is 0 Å². The zero-order chi connectivity index (χ0) is 17.1. The normalized spacial score (nSPS) is 10.8. The molecule has 3 rings (SSSR count). The van der Waals surface area contributed by atoms with E-state index in [0.29, 0.717) is 23.2 Å². The smallest absolute Gasteiger partial charge is 0.174 e. The molecule has 0 aliphatic rings. The maximum atomic E-state index is 5.94. The number of aromatic nitrogens is 4. The second-order valence-corrected chi connectivity index (χ2v) is 5.96. The van der Waals surface area contributed by atoms with E-state index in [1.807, 2.05) is 51.2 Å². The Labute approximate surface area is 145 Å². The Kier molecular flexibility index (Phi) is 4.78. The highest BCUT2D eigenvalue weighted by molar-refractivity contribution is 6.30. The molecule has 24 heavy (non-hydrogen) atoms. The molecule has 0 radical (unpaired) electrons. The minimum Gasteiger partial charge on any atom is -0.339 e. The van der Waals surface area contributed by atoms with E-state index < -0.39 is 0 Å². The Balaban J connectivity index is 1.99.